The summed E-state index contributed by atoms with van der Waals surface area (Å²) in [6.07, 6.45) is 6.41. The van der Waals surface area contributed by atoms with Crippen molar-refractivity contribution in [3.05, 3.63) is 59.8 Å². The second kappa shape index (κ2) is 10.7. The van der Waals surface area contributed by atoms with Crippen molar-refractivity contribution in [2.45, 2.75) is 31.5 Å². The zero-order chi connectivity index (χ0) is 28.7. The van der Waals surface area contributed by atoms with Crippen LogP contribution < -0.4 is 14.8 Å². The number of hydrogen-bond acceptors (Lipinski definition) is 8. The number of likely N-dealkylation sites (N-methyl/N-ethyl adjacent to an activating group) is 1. The molecule has 1 saturated heterocycles. The van der Waals surface area contributed by atoms with E-state index in [4.69, 9.17) is 21.1 Å². The number of anilines is 2. The predicted octanol–water partition coefficient (Wildman–Crippen LogP) is 6.08. The van der Waals surface area contributed by atoms with Gasteiger partial charge in [-0.2, -0.15) is 23.3 Å². The number of piperidine rings is 1. The smallest absolute Gasteiger partial charge is 0.416 e. The van der Waals surface area contributed by atoms with Crippen molar-refractivity contribution in [3.63, 3.8) is 0 Å². The van der Waals surface area contributed by atoms with E-state index < -0.39 is 11.7 Å². The highest BCUT2D eigenvalue weighted by molar-refractivity contribution is 6.36. The Balaban J connectivity index is 1.28. The summed E-state index contributed by atoms with van der Waals surface area (Å²) >= 11 is 6.70. The van der Waals surface area contributed by atoms with Crippen LogP contribution in [0, 0.1) is 0 Å². The lowest BCUT2D eigenvalue weighted by molar-refractivity contribution is -0.137. The minimum atomic E-state index is -4.56. The summed E-state index contributed by atoms with van der Waals surface area (Å²) in [6.45, 7) is 1.24. The van der Waals surface area contributed by atoms with E-state index in [-0.39, 0.29) is 39.8 Å². The van der Waals surface area contributed by atoms with E-state index in [0.717, 1.165) is 37.9 Å². The van der Waals surface area contributed by atoms with Gasteiger partial charge in [0.05, 0.1) is 24.2 Å². The number of alkyl halides is 3. The monoisotopic (exact) mass is 586 g/mol. The Labute approximate surface area is 237 Å². The SMILES string of the molecule is CN1CCCC[C@@H]1COc1cc(Nc2nc3ncc(Oc4cnn5ccncc45)c(Cl)c3n2C)cc(C(F)(F)F)c1. The molecule has 0 amide bonds. The molecule has 10 nitrogen and oxygen atoms in total. The molecule has 1 aliphatic rings. The largest absolute Gasteiger partial charge is 0.492 e. The molecule has 5 heterocycles. The molecule has 0 aliphatic carbocycles. The maximum Gasteiger partial charge on any atom is 0.416 e. The molecule has 5 aromatic rings. The fourth-order valence-corrected chi connectivity index (χ4v) is 5.20. The van der Waals surface area contributed by atoms with Crippen molar-refractivity contribution in [3.8, 4) is 17.2 Å². The molecule has 1 aliphatic heterocycles. The van der Waals surface area contributed by atoms with Crippen molar-refractivity contribution < 1.29 is 22.6 Å². The number of benzene rings is 1. The summed E-state index contributed by atoms with van der Waals surface area (Å²) in [4.78, 5) is 15.1. The molecule has 214 valence electrons. The molecule has 1 fully saturated rings. The highest BCUT2D eigenvalue weighted by Crippen LogP contribution is 2.38. The third-order valence-electron chi connectivity index (χ3n) is 7.17. The molecular weight excluding hydrogens is 561 g/mol. The average molecular weight is 587 g/mol. The van der Waals surface area contributed by atoms with Crippen LogP contribution in [0.15, 0.2) is 49.2 Å². The lowest BCUT2D eigenvalue weighted by atomic mass is 10.0. The Morgan fingerprint density at radius 1 is 1.10 bits per heavy atom. The molecule has 0 bridgehead atoms. The Bertz CT molecular complexity index is 1720. The molecule has 0 saturated carbocycles. The van der Waals surface area contributed by atoms with Crippen LogP contribution in [0.5, 0.6) is 17.2 Å². The second-order valence-corrected chi connectivity index (χ2v) is 10.3. The van der Waals surface area contributed by atoms with Crippen LogP contribution >= 0.6 is 11.6 Å². The Kier molecular flexibility index (Phi) is 7.08. The van der Waals surface area contributed by atoms with E-state index in [9.17, 15) is 13.2 Å². The number of hydrogen-bond donors (Lipinski definition) is 1. The number of aryl methyl sites for hydroxylation is 1. The van der Waals surface area contributed by atoms with Crippen molar-refractivity contribution in [1.29, 1.82) is 0 Å². The van der Waals surface area contributed by atoms with Gasteiger partial charge in [-0.25, -0.2) is 9.50 Å². The zero-order valence-corrected chi connectivity index (χ0v) is 22.9. The molecule has 41 heavy (non-hydrogen) atoms. The van der Waals surface area contributed by atoms with E-state index >= 15 is 0 Å². The summed E-state index contributed by atoms with van der Waals surface area (Å²) in [5.74, 6) is 1.05. The van der Waals surface area contributed by atoms with E-state index in [1.807, 2.05) is 7.05 Å². The van der Waals surface area contributed by atoms with Gasteiger partial charge in [0.2, 0.25) is 5.95 Å². The predicted molar refractivity (Wildman–Crippen MR) is 147 cm³/mol. The molecule has 0 radical (unpaired) electrons. The normalized spacial score (nSPS) is 16.4. The molecule has 4 aromatic heterocycles. The van der Waals surface area contributed by atoms with Crippen molar-refractivity contribution >= 4 is 39.9 Å². The highest BCUT2D eigenvalue weighted by Gasteiger charge is 2.32. The quantitative estimate of drug-likeness (QED) is 0.245. The van der Waals surface area contributed by atoms with Gasteiger partial charge >= 0.3 is 6.18 Å². The second-order valence-electron chi connectivity index (χ2n) is 9.93. The van der Waals surface area contributed by atoms with Crippen LogP contribution in [-0.4, -0.2) is 60.3 Å². The van der Waals surface area contributed by atoms with Gasteiger partial charge in [0.15, 0.2) is 17.1 Å². The lowest BCUT2D eigenvalue weighted by Crippen LogP contribution is -2.40. The topological polar surface area (TPSA) is 94.6 Å². The average Bonchev–Trinajstić information content (AvgIpc) is 3.50. The molecule has 1 N–H and O–H groups in total. The van der Waals surface area contributed by atoms with Gasteiger partial charge in [-0.1, -0.05) is 18.0 Å². The Morgan fingerprint density at radius 2 is 1.95 bits per heavy atom. The highest BCUT2D eigenvalue weighted by atomic mass is 35.5. The minimum absolute atomic E-state index is 0.120. The first-order chi connectivity index (χ1) is 19.7. The van der Waals surface area contributed by atoms with E-state index in [2.05, 4.69) is 30.3 Å². The number of nitrogens with zero attached hydrogens (tertiary/aromatic N) is 7. The van der Waals surface area contributed by atoms with Gasteiger partial charge in [-0.15, -0.1) is 0 Å². The van der Waals surface area contributed by atoms with Crippen LogP contribution in [0.1, 0.15) is 24.8 Å². The first-order valence-corrected chi connectivity index (χ1v) is 13.3. The fourth-order valence-electron chi connectivity index (χ4n) is 4.90. The van der Waals surface area contributed by atoms with Crippen LogP contribution in [0.25, 0.3) is 16.7 Å². The summed E-state index contributed by atoms with van der Waals surface area (Å²) in [6, 6.07) is 3.71. The molecule has 6 rings (SSSR count). The summed E-state index contributed by atoms with van der Waals surface area (Å²) in [5.41, 5.74) is 0.691. The number of halogens is 4. The van der Waals surface area contributed by atoms with E-state index in [0.29, 0.717) is 23.4 Å². The summed E-state index contributed by atoms with van der Waals surface area (Å²) in [7, 11) is 3.68. The standard InChI is InChI=1S/C27H26ClF3N8O2/c1-37-7-4-3-5-18(37)15-40-19-10-16(27(29,30)31)9-17(11-19)35-26-36-25-24(38(26)2)23(28)22(13-33-25)41-21-14-34-39-8-6-32-12-20(21)39/h6,8-14,18H,3-5,7,15H2,1-2H3,(H,33,35,36)/t18-/m1/s1. The van der Waals surface area contributed by atoms with E-state index in [1.54, 1.807) is 34.7 Å². The Morgan fingerprint density at radius 3 is 2.76 bits per heavy atom. The number of ether oxygens (including phenoxy) is 2. The number of rotatable bonds is 7. The number of likely N-dealkylation sites (tertiary alicyclic amines) is 1. The third-order valence-corrected chi connectivity index (χ3v) is 7.53. The van der Waals surface area contributed by atoms with Crippen LogP contribution in [0.4, 0.5) is 24.8 Å². The minimum Gasteiger partial charge on any atom is -0.492 e. The molecule has 1 atom stereocenters. The maximum atomic E-state index is 13.8. The van der Waals surface area contributed by atoms with Gasteiger partial charge in [0, 0.05) is 37.2 Å². The molecular formula is C27H26ClF3N8O2. The zero-order valence-electron chi connectivity index (χ0n) is 22.2. The Hall–Kier alpha value is -4.10. The molecule has 0 unspecified atom stereocenters. The van der Waals surface area contributed by atoms with Crippen LogP contribution in [0.2, 0.25) is 5.02 Å². The summed E-state index contributed by atoms with van der Waals surface area (Å²) in [5, 5.41) is 7.42. The molecule has 14 heteroatoms. The molecule has 1 aromatic carbocycles. The fraction of sp³-hybridized carbons (Fsp3) is 0.333. The lowest BCUT2D eigenvalue weighted by Gasteiger charge is -2.32. The number of aromatic nitrogens is 6. The third kappa shape index (κ3) is 5.46. The molecule has 0 spiro atoms. The van der Waals surface area contributed by atoms with Crippen LogP contribution in [-0.2, 0) is 13.2 Å². The van der Waals surface area contributed by atoms with Crippen molar-refractivity contribution in [2.24, 2.45) is 7.05 Å². The first kappa shape index (κ1) is 27.1. The maximum absolute atomic E-state index is 13.8. The first-order valence-electron chi connectivity index (χ1n) is 13.0. The van der Waals surface area contributed by atoms with Crippen molar-refractivity contribution in [2.75, 3.05) is 25.5 Å². The van der Waals surface area contributed by atoms with Gasteiger partial charge in [-0.05, 0) is 38.6 Å². The number of nitrogens with one attached hydrogen (secondary N) is 1. The van der Waals surface area contributed by atoms with Gasteiger partial charge in [0.25, 0.3) is 0 Å². The number of pyridine rings is 1. The van der Waals surface area contributed by atoms with Gasteiger partial charge < -0.3 is 24.3 Å². The van der Waals surface area contributed by atoms with Gasteiger partial charge in [0.1, 0.15) is 28.4 Å². The summed E-state index contributed by atoms with van der Waals surface area (Å²) < 4.78 is 56.4. The van der Waals surface area contributed by atoms with Crippen LogP contribution in [0.3, 0.4) is 0 Å². The number of imidazole rings is 1. The van der Waals surface area contributed by atoms with Crippen molar-refractivity contribution in [1.82, 2.24) is 34.0 Å². The van der Waals surface area contributed by atoms with Gasteiger partial charge in [-0.3, -0.25) is 4.98 Å². The van der Waals surface area contributed by atoms with E-state index in [1.165, 1.54) is 18.5 Å². The number of fused-ring (bicyclic) bond motifs is 2.